The lowest BCUT2D eigenvalue weighted by atomic mass is 9.98. The molecule has 52 heavy (non-hydrogen) atoms. The molecule has 15 heteroatoms. The highest BCUT2D eigenvalue weighted by atomic mass is 16.7. The number of esters is 2. The zero-order valence-electron chi connectivity index (χ0n) is 31.3. The van der Waals surface area contributed by atoms with Gasteiger partial charge in [0.2, 0.25) is 0 Å². The van der Waals surface area contributed by atoms with E-state index in [2.05, 4.69) is 13.8 Å². The topological polar surface area (TPSA) is 231 Å². The number of unbranched alkanes of at least 4 members (excludes halogenated alkanes) is 14. The van der Waals surface area contributed by atoms with Gasteiger partial charge in [-0.1, -0.05) is 104 Å². The lowest BCUT2D eigenvalue weighted by molar-refractivity contribution is -0.332. The van der Waals surface area contributed by atoms with Crippen LogP contribution in [0.15, 0.2) is 0 Å². The molecule has 0 aliphatic carbocycles. The van der Waals surface area contributed by atoms with Gasteiger partial charge in [-0.2, -0.15) is 0 Å². The van der Waals surface area contributed by atoms with Crippen molar-refractivity contribution < 1.29 is 73.8 Å². The van der Waals surface area contributed by atoms with Crippen molar-refractivity contribution in [3.8, 4) is 0 Å². The third-order valence-electron chi connectivity index (χ3n) is 9.59. The third kappa shape index (κ3) is 17.3. The minimum Gasteiger partial charge on any atom is -0.462 e. The van der Waals surface area contributed by atoms with E-state index >= 15 is 0 Å². The van der Waals surface area contributed by atoms with Crippen molar-refractivity contribution in [2.45, 2.75) is 197 Å². The maximum atomic E-state index is 12.8. The summed E-state index contributed by atoms with van der Waals surface area (Å²) in [7, 11) is 0. The fourth-order valence-corrected chi connectivity index (χ4v) is 6.21. The molecule has 2 rings (SSSR count). The van der Waals surface area contributed by atoms with Gasteiger partial charge in [0.15, 0.2) is 18.7 Å². The molecule has 11 atom stereocenters. The standard InChI is InChI=1S/C37H68O15/c1-3-5-7-9-10-11-12-13-14-16-18-20-29(40)50-25(22-47-28(39)19-17-15-8-6-4-2)23-48-36-35(46)33(44)31(42)27(52-36)24-49-37-34(45)32(43)30(41)26(21-38)51-37/h25-27,30-38,41-46H,3-24H2,1-2H3. The predicted octanol–water partition coefficient (Wildman–Crippen LogP) is 2.14. The van der Waals surface area contributed by atoms with Crippen molar-refractivity contribution in [3.05, 3.63) is 0 Å². The van der Waals surface area contributed by atoms with Crippen LogP contribution in [0.4, 0.5) is 0 Å². The van der Waals surface area contributed by atoms with Gasteiger partial charge in [0.1, 0.15) is 55.4 Å². The second kappa shape index (κ2) is 27.1. The summed E-state index contributed by atoms with van der Waals surface area (Å²) in [5.74, 6) is -0.938. The van der Waals surface area contributed by atoms with Gasteiger partial charge in [-0.3, -0.25) is 9.59 Å². The van der Waals surface area contributed by atoms with E-state index in [0.29, 0.717) is 12.8 Å². The summed E-state index contributed by atoms with van der Waals surface area (Å²) in [6.45, 7) is 2.44. The van der Waals surface area contributed by atoms with E-state index in [0.717, 1.165) is 44.9 Å². The highest BCUT2D eigenvalue weighted by Crippen LogP contribution is 2.26. The number of carbonyl (C=O) groups is 2. The molecular formula is C37H68O15. The molecule has 0 bridgehead atoms. The first-order valence-electron chi connectivity index (χ1n) is 19.6. The van der Waals surface area contributed by atoms with Gasteiger partial charge in [-0.25, -0.2) is 0 Å². The maximum Gasteiger partial charge on any atom is 0.306 e. The summed E-state index contributed by atoms with van der Waals surface area (Å²) in [6.07, 6.45) is 0.790. The minimum absolute atomic E-state index is 0.170. The molecule has 0 radical (unpaired) electrons. The summed E-state index contributed by atoms with van der Waals surface area (Å²) < 4.78 is 33.1. The van der Waals surface area contributed by atoms with Gasteiger partial charge >= 0.3 is 11.9 Å². The van der Waals surface area contributed by atoms with E-state index in [1.54, 1.807) is 0 Å². The van der Waals surface area contributed by atoms with Gasteiger partial charge in [0.05, 0.1) is 19.8 Å². The number of aliphatic hydroxyl groups excluding tert-OH is 7. The number of rotatable bonds is 28. The van der Waals surface area contributed by atoms with Crippen molar-refractivity contribution in [3.63, 3.8) is 0 Å². The maximum absolute atomic E-state index is 12.8. The molecule has 2 saturated heterocycles. The molecule has 2 heterocycles. The van der Waals surface area contributed by atoms with E-state index in [1.165, 1.54) is 44.9 Å². The number of aliphatic hydroxyl groups is 7. The molecule has 2 aliphatic rings. The van der Waals surface area contributed by atoms with Gasteiger partial charge in [-0.15, -0.1) is 0 Å². The fourth-order valence-electron chi connectivity index (χ4n) is 6.21. The summed E-state index contributed by atoms with van der Waals surface area (Å²) in [6, 6.07) is 0. The Hall–Kier alpha value is -1.50. The minimum atomic E-state index is -1.75. The van der Waals surface area contributed by atoms with Crippen molar-refractivity contribution in [1.82, 2.24) is 0 Å². The van der Waals surface area contributed by atoms with Crippen LogP contribution in [0.5, 0.6) is 0 Å². The smallest absolute Gasteiger partial charge is 0.306 e. The Morgan fingerprint density at radius 3 is 1.50 bits per heavy atom. The number of hydrogen-bond acceptors (Lipinski definition) is 15. The lowest BCUT2D eigenvalue weighted by Gasteiger charge is -2.42. The average Bonchev–Trinajstić information content (AvgIpc) is 3.13. The van der Waals surface area contributed by atoms with E-state index in [4.69, 9.17) is 28.4 Å². The Balaban J connectivity index is 1.90. The normalized spacial score (nSPS) is 29.9. The Labute approximate surface area is 308 Å². The van der Waals surface area contributed by atoms with Crippen LogP contribution in [0.2, 0.25) is 0 Å². The molecule has 11 unspecified atom stereocenters. The monoisotopic (exact) mass is 752 g/mol. The van der Waals surface area contributed by atoms with Crippen LogP contribution < -0.4 is 0 Å². The van der Waals surface area contributed by atoms with E-state index in [9.17, 15) is 45.3 Å². The van der Waals surface area contributed by atoms with Crippen molar-refractivity contribution in [2.75, 3.05) is 26.4 Å². The van der Waals surface area contributed by atoms with Crippen LogP contribution in [-0.2, 0) is 38.0 Å². The van der Waals surface area contributed by atoms with Crippen LogP contribution in [0, 0.1) is 0 Å². The van der Waals surface area contributed by atoms with Crippen LogP contribution in [0.25, 0.3) is 0 Å². The summed E-state index contributed by atoms with van der Waals surface area (Å²) in [5, 5.41) is 71.4. The predicted molar refractivity (Wildman–Crippen MR) is 188 cm³/mol. The third-order valence-corrected chi connectivity index (χ3v) is 9.59. The molecule has 15 nitrogen and oxygen atoms in total. The van der Waals surface area contributed by atoms with Crippen LogP contribution in [-0.4, -0.2) is 142 Å². The molecule has 2 fully saturated rings. The molecule has 0 aromatic rings. The largest absolute Gasteiger partial charge is 0.462 e. The number of hydrogen-bond donors (Lipinski definition) is 7. The zero-order chi connectivity index (χ0) is 38.3. The quantitative estimate of drug-likeness (QED) is 0.0449. The second-order valence-electron chi connectivity index (χ2n) is 14.1. The molecule has 0 aromatic carbocycles. The summed E-state index contributed by atoms with van der Waals surface area (Å²) >= 11 is 0. The fraction of sp³-hybridized carbons (Fsp3) is 0.946. The van der Waals surface area contributed by atoms with Gasteiger partial charge in [0, 0.05) is 12.8 Å². The van der Waals surface area contributed by atoms with Crippen molar-refractivity contribution in [1.29, 1.82) is 0 Å². The van der Waals surface area contributed by atoms with Crippen LogP contribution in [0.1, 0.15) is 129 Å². The Bertz CT molecular complexity index is 939. The molecule has 0 saturated carbocycles. The summed E-state index contributed by atoms with van der Waals surface area (Å²) in [5.41, 5.74) is 0. The van der Waals surface area contributed by atoms with Crippen LogP contribution in [0.3, 0.4) is 0 Å². The zero-order valence-corrected chi connectivity index (χ0v) is 31.3. The molecule has 0 amide bonds. The molecule has 306 valence electrons. The first-order chi connectivity index (χ1) is 25.0. The van der Waals surface area contributed by atoms with E-state index < -0.39 is 92.7 Å². The lowest BCUT2D eigenvalue weighted by Crippen LogP contribution is -2.61. The van der Waals surface area contributed by atoms with Gasteiger partial charge in [-0.05, 0) is 12.8 Å². The second-order valence-corrected chi connectivity index (χ2v) is 14.1. The molecule has 7 N–H and O–H groups in total. The van der Waals surface area contributed by atoms with Crippen molar-refractivity contribution >= 4 is 11.9 Å². The average molecular weight is 753 g/mol. The first kappa shape index (κ1) is 46.7. The Morgan fingerprint density at radius 1 is 0.538 bits per heavy atom. The van der Waals surface area contributed by atoms with E-state index in [1.807, 2.05) is 0 Å². The highest BCUT2D eigenvalue weighted by Gasteiger charge is 2.47. The van der Waals surface area contributed by atoms with Crippen LogP contribution >= 0.6 is 0 Å². The highest BCUT2D eigenvalue weighted by molar-refractivity contribution is 5.70. The number of carbonyl (C=O) groups excluding carboxylic acids is 2. The molecule has 0 aromatic heterocycles. The van der Waals surface area contributed by atoms with Gasteiger partial charge in [0.25, 0.3) is 0 Å². The molecule has 0 spiro atoms. The molecular weight excluding hydrogens is 684 g/mol. The molecule has 2 aliphatic heterocycles. The summed E-state index contributed by atoms with van der Waals surface area (Å²) in [4.78, 5) is 25.2. The Morgan fingerprint density at radius 2 is 0.981 bits per heavy atom. The Kier molecular flexibility index (Phi) is 24.3. The van der Waals surface area contributed by atoms with E-state index in [-0.39, 0.29) is 26.1 Å². The SMILES string of the molecule is CCCCCCCCCCCCCC(=O)OC(COC(=O)CCCCCCC)COC1OC(COC2OC(CO)C(O)C(O)C2O)C(O)C(O)C1O. The van der Waals surface area contributed by atoms with Gasteiger partial charge < -0.3 is 64.2 Å². The van der Waals surface area contributed by atoms with Crippen molar-refractivity contribution in [2.24, 2.45) is 0 Å². The first-order valence-corrected chi connectivity index (χ1v) is 19.6. The number of ether oxygens (including phenoxy) is 6.